The predicted molar refractivity (Wildman–Crippen MR) is 119 cm³/mol. The molecule has 6 heteroatoms. The zero-order chi connectivity index (χ0) is 22.2. The highest BCUT2D eigenvalue weighted by Gasteiger charge is 2.43. The van der Waals surface area contributed by atoms with Gasteiger partial charge in [-0.3, -0.25) is 9.59 Å². The third-order valence-corrected chi connectivity index (χ3v) is 5.97. The van der Waals surface area contributed by atoms with Crippen LogP contribution in [-0.4, -0.2) is 30.4 Å². The van der Waals surface area contributed by atoms with Gasteiger partial charge >= 0.3 is 0 Å². The van der Waals surface area contributed by atoms with E-state index in [1.54, 1.807) is 43.5 Å². The molecule has 0 bridgehead atoms. The first-order valence-corrected chi connectivity index (χ1v) is 10.4. The number of amides is 2. The second kappa shape index (κ2) is 7.96. The zero-order valence-corrected chi connectivity index (χ0v) is 17.5. The number of benzene rings is 3. The molecule has 160 valence electrons. The van der Waals surface area contributed by atoms with Gasteiger partial charge in [-0.25, -0.2) is 9.29 Å². The van der Waals surface area contributed by atoms with Crippen molar-refractivity contribution in [3.8, 4) is 5.75 Å². The van der Waals surface area contributed by atoms with Gasteiger partial charge in [-0.1, -0.05) is 36.4 Å². The molecule has 0 saturated heterocycles. The lowest BCUT2D eigenvalue weighted by atomic mass is 9.98. The highest BCUT2D eigenvalue weighted by Crippen LogP contribution is 2.37. The normalized spacial score (nSPS) is 15.9. The van der Waals surface area contributed by atoms with E-state index >= 15 is 0 Å². The van der Waals surface area contributed by atoms with Crippen molar-refractivity contribution in [1.29, 1.82) is 0 Å². The average Bonchev–Trinajstić information content (AvgIpc) is 3.09. The molecule has 0 spiro atoms. The lowest BCUT2D eigenvalue weighted by Gasteiger charge is -2.31. The van der Waals surface area contributed by atoms with E-state index in [0.29, 0.717) is 41.4 Å². The summed E-state index contributed by atoms with van der Waals surface area (Å²) < 4.78 is 18.8. The minimum atomic E-state index is -0.416. The number of carbonyl (C=O) groups is 2. The van der Waals surface area contributed by atoms with Crippen LogP contribution in [0.2, 0.25) is 0 Å². The molecule has 3 aromatic carbocycles. The van der Waals surface area contributed by atoms with Gasteiger partial charge in [-0.15, -0.1) is 0 Å². The first-order chi connectivity index (χ1) is 15.6. The fraction of sp³-hybridized carbons (Fsp3) is 0.154. The first kappa shape index (κ1) is 20.0. The summed E-state index contributed by atoms with van der Waals surface area (Å²) >= 11 is 0. The second-order valence-corrected chi connectivity index (χ2v) is 7.81. The van der Waals surface area contributed by atoms with Gasteiger partial charge in [0.15, 0.2) is 0 Å². The van der Waals surface area contributed by atoms with E-state index in [0.717, 1.165) is 12.0 Å². The Balaban J connectivity index is 1.60. The molecule has 2 amide bonds. The number of anilines is 1. The molecule has 0 unspecified atom stereocenters. The number of hydrogen-bond acceptors (Lipinski definition) is 4. The Bertz CT molecular complexity index is 1230. The Hall–Kier alpha value is -3.93. The van der Waals surface area contributed by atoms with Crippen molar-refractivity contribution in [3.05, 3.63) is 101 Å². The number of carbonyl (C=O) groups excluding carboxylic acids is 2. The Morgan fingerprint density at radius 1 is 0.844 bits per heavy atom. The molecule has 0 saturated carbocycles. The highest BCUT2D eigenvalue weighted by atomic mass is 19.1. The maximum atomic E-state index is 13.6. The molecule has 0 fully saturated rings. The molecule has 0 radical (unpaired) electrons. The quantitative estimate of drug-likeness (QED) is 0.585. The van der Waals surface area contributed by atoms with E-state index in [-0.39, 0.29) is 5.91 Å². The lowest BCUT2D eigenvalue weighted by Crippen LogP contribution is -2.37. The molecular weight excluding hydrogens is 407 g/mol. The van der Waals surface area contributed by atoms with Crippen molar-refractivity contribution in [2.24, 2.45) is 0 Å². The van der Waals surface area contributed by atoms with Gasteiger partial charge in [0, 0.05) is 13.1 Å². The van der Waals surface area contributed by atoms with Crippen LogP contribution in [-0.2, 0) is 22.6 Å². The summed E-state index contributed by atoms with van der Waals surface area (Å²) in [5, 5.41) is 0. The fourth-order valence-corrected chi connectivity index (χ4v) is 4.34. The summed E-state index contributed by atoms with van der Waals surface area (Å²) in [5.74, 6) is -0.557. The first-order valence-electron chi connectivity index (χ1n) is 10.4. The topological polar surface area (TPSA) is 49.9 Å². The molecule has 0 aliphatic carbocycles. The number of rotatable bonds is 4. The number of nitrogens with zero attached hydrogens (tertiary/aromatic N) is 2. The van der Waals surface area contributed by atoms with Crippen LogP contribution < -0.4 is 9.64 Å². The summed E-state index contributed by atoms with van der Waals surface area (Å²) in [6.07, 6.45) is 0.778. The number of imide groups is 1. The van der Waals surface area contributed by atoms with Gasteiger partial charge in [0.2, 0.25) is 0 Å². The van der Waals surface area contributed by atoms with Crippen molar-refractivity contribution in [1.82, 2.24) is 4.90 Å². The van der Waals surface area contributed by atoms with Crippen LogP contribution in [0, 0.1) is 5.82 Å². The van der Waals surface area contributed by atoms with Crippen LogP contribution in [0.4, 0.5) is 10.1 Å². The minimum absolute atomic E-state index is 0.296. The Labute approximate surface area is 185 Å². The van der Waals surface area contributed by atoms with Crippen LogP contribution in [0.3, 0.4) is 0 Å². The van der Waals surface area contributed by atoms with Gasteiger partial charge in [0.1, 0.15) is 17.3 Å². The standard InChI is InChI=1S/C26H21FN2O3/c1-32-22-12-10-21(11-13-22)29-25(30)23(18-6-8-20(27)9-7-18)24(26(29)31)28-15-14-17-4-2-3-5-19(17)16-28/h2-13H,14-16H2,1H3. The summed E-state index contributed by atoms with van der Waals surface area (Å²) in [5.41, 5.74) is 4.02. The second-order valence-electron chi connectivity index (χ2n) is 7.81. The van der Waals surface area contributed by atoms with E-state index in [2.05, 4.69) is 6.07 Å². The van der Waals surface area contributed by atoms with Crippen molar-refractivity contribution in [3.63, 3.8) is 0 Å². The monoisotopic (exact) mass is 428 g/mol. The fourth-order valence-electron chi connectivity index (χ4n) is 4.34. The Morgan fingerprint density at radius 2 is 1.53 bits per heavy atom. The van der Waals surface area contributed by atoms with Crippen LogP contribution in [0.25, 0.3) is 5.57 Å². The van der Waals surface area contributed by atoms with Crippen molar-refractivity contribution >= 4 is 23.1 Å². The summed E-state index contributed by atoms with van der Waals surface area (Å²) in [7, 11) is 1.56. The number of fused-ring (bicyclic) bond motifs is 1. The SMILES string of the molecule is COc1ccc(N2C(=O)C(c3ccc(F)cc3)=C(N3CCc4ccccc4C3)C2=O)cc1. The Morgan fingerprint density at radius 3 is 2.22 bits per heavy atom. The average molecular weight is 428 g/mol. The van der Waals surface area contributed by atoms with Gasteiger partial charge in [-0.2, -0.15) is 0 Å². The molecular formula is C26H21FN2O3. The molecule has 0 aromatic heterocycles. The number of halogens is 1. The van der Waals surface area contributed by atoms with Gasteiger partial charge in [-0.05, 0) is 59.5 Å². The molecule has 5 nitrogen and oxygen atoms in total. The van der Waals surface area contributed by atoms with Gasteiger partial charge < -0.3 is 9.64 Å². The molecule has 0 atom stereocenters. The van der Waals surface area contributed by atoms with Crippen LogP contribution in [0.5, 0.6) is 5.75 Å². The summed E-state index contributed by atoms with van der Waals surface area (Å²) in [4.78, 5) is 30.3. The third kappa shape index (κ3) is 3.34. The number of ether oxygens (including phenoxy) is 1. The largest absolute Gasteiger partial charge is 0.497 e. The van der Waals surface area contributed by atoms with E-state index in [4.69, 9.17) is 4.74 Å². The third-order valence-electron chi connectivity index (χ3n) is 5.97. The number of hydrogen-bond donors (Lipinski definition) is 0. The van der Waals surface area contributed by atoms with Crippen LogP contribution in [0.1, 0.15) is 16.7 Å². The van der Waals surface area contributed by atoms with Crippen molar-refractivity contribution in [2.75, 3.05) is 18.6 Å². The maximum Gasteiger partial charge on any atom is 0.282 e. The molecule has 32 heavy (non-hydrogen) atoms. The molecule has 2 aliphatic heterocycles. The van der Waals surface area contributed by atoms with Crippen LogP contribution >= 0.6 is 0 Å². The lowest BCUT2D eigenvalue weighted by molar-refractivity contribution is -0.120. The summed E-state index contributed by atoms with van der Waals surface area (Å²) in [6, 6.07) is 20.6. The molecule has 5 rings (SSSR count). The molecule has 3 aromatic rings. The van der Waals surface area contributed by atoms with Gasteiger partial charge in [0.05, 0.1) is 18.4 Å². The van der Waals surface area contributed by atoms with E-state index in [1.165, 1.54) is 22.6 Å². The number of methoxy groups -OCH3 is 1. The zero-order valence-electron chi connectivity index (χ0n) is 17.5. The van der Waals surface area contributed by atoms with Crippen molar-refractivity contribution in [2.45, 2.75) is 13.0 Å². The smallest absolute Gasteiger partial charge is 0.282 e. The van der Waals surface area contributed by atoms with Crippen molar-refractivity contribution < 1.29 is 18.7 Å². The highest BCUT2D eigenvalue weighted by molar-refractivity contribution is 6.45. The van der Waals surface area contributed by atoms with Gasteiger partial charge in [0.25, 0.3) is 11.8 Å². The van der Waals surface area contributed by atoms with E-state index in [1.807, 2.05) is 23.1 Å². The Kier molecular flexibility index (Phi) is 4.98. The molecule has 2 heterocycles. The van der Waals surface area contributed by atoms with E-state index in [9.17, 15) is 14.0 Å². The van der Waals surface area contributed by atoms with Crippen LogP contribution in [0.15, 0.2) is 78.5 Å². The summed E-state index contributed by atoms with van der Waals surface area (Å²) in [6.45, 7) is 1.15. The molecule has 0 N–H and O–H groups in total. The minimum Gasteiger partial charge on any atom is -0.497 e. The maximum absolute atomic E-state index is 13.6. The predicted octanol–water partition coefficient (Wildman–Crippen LogP) is 4.18. The molecule has 2 aliphatic rings. The van der Waals surface area contributed by atoms with E-state index < -0.39 is 11.7 Å².